The Kier molecular flexibility index (Phi) is 6.66. The molecule has 0 unspecified atom stereocenters. The van der Waals surface area contributed by atoms with E-state index in [4.69, 9.17) is 0 Å². The van der Waals surface area contributed by atoms with Gasteiger partial charge in [0.05, 0.1) is 10.5 Å². The molecule has 2 aromatic carbocycles. The Hall–Kier alpha value is -3.42. The van der Waals surface area contributed by atoms with Crippen LogP contribution in [0.15, 0.2) is 42.5 Å². The Bertz CT molecular complexity index is 954. The SMILES string of the molecule is CC[C@@H](C)NC(=O)c1cc(NC(=O)c2cccc([N+](=O)[O-])c2)ccc1N1CCCC1. The van der Waals surface area contributed by atoms with Crippen LogP contribution in [0.25, 0.3) is 0 Å². The highest BCUT2D eigenvalue weighted by molar-refractivity contribution is 6.06. The van der Waals surface area contributed by atoms with Gasteiger partial charge in [-0.3, -0.25) is 19.7 Å². The van der Waals surface area contributed by atoms with Gasteiger partial charge >= 0.3 is 0 Å². The van der Waals surface area contributed by atoms with Gasteiger partial charge in [-0.2, -0.15) is 0 Å². The second-order valence-corrected chi connectivity index (χ2v) is 7.47. The van der Waals surface area contributed by atoms with Gasteiger partial charge in [0.2, 0.25) is 0 Å². The molecule has 3 rings (SSSR count). The fourth-order valence-electron chi connectivity index (χ4n) is 3.40. The number of amides is 2. The molecule has 0 bridgehead atoms. The van der Waals surface area contributed by atoms with E-state index in [1.807, 2.05) is 19.9 Å². The monoisotopic (exact) mass is 410 g/mol. The van der Waals surface area contributed by atoms with Gasteiger partial charge in [0.15, 0.2) is 0 Å². The Morgan fingerprint density at radius 3 is 2.53 bits per heavy atom. The molecule has 2 amide bonds. The molecule has 1 atom stereocenters. The average Bonchev–Trinajstić information content (AvgIpc) is 3.28. The lowest BCUT2D eigenvalue weighted by atomic mass is 10.1. The van der Waals surface area contributed by atoms with Gasteiger partial charge in [-0.15, -0.1) is 0 Å². The number of rotatable bonds is 7. The molecule has 1 fully saturated rings. The summed E-state index contributed by atoms with van der Waals surface area (Å²) in [6, 6.07) is 10.8. The highest BCUT2D eigenvalue weighted by Crippen LogP contribution is 2.28. The van der Waals surface area contributed by atoms with Gasteiger partial charge in [-0.25, -0.2) is 0 Å². The molecule has 158 valence electrons. The van der Waals surface area contributed by atoms with Gasteiger partial charge in [-0.1, -0.05) is 13.0 Å². The summed E-state index contributed by atoms with van der Waals surface area (Å²) < 4.78 is 0. The molecule has 8 nitrogen and oxygen atoms in total. The van der Waals surface area contributed by atoms with E-state index in [1.165, 1.54) is 24.3 Å². The van der Waals surface area contributed by atoms with Crippen molar-refractivity contribution in [3.8, 4) is 0 Å². The number of hydrogen-bond donors (Lipinski definition) is 2. The van der Waals surface area contributed by atoms with Crippen LogP contribution in [0.4, 0.5) is 17.1 Å². The molecular weight excluding hydrogens is 384 g/mol. The number of nitrogens with zero attached hydrogens (tertiary/aromatic N) is 2. The van der Waals surface area contributed by atoms with E-state index in [-0.39, 0.29) is 23.2 Å². The molecule has 1 aliphatic heterocycles. The lowest BCUT2D eigenvalue weighted by Crippen LogP contribution is -2.33. The number of carbonyl (C=O) groups excluding carboxylic acids is 2. The standard InChI is InChI=1S/C22H26N4O4/c1-3-15(2)23-22(28)19-14-17(9-10-20(19)25-11-4-5-12-25)24-21(27)16-7-6-8-18(13-16)26(29)30/h6-10,13-15H,3-5,11-12H2,1-2H3,(H,23,28)(H,24,27)/t15-/m1/s1. The number of benzene rings is 2. The molecular formula is C22H26N4O4. The number of nitro benzene ring substituents is 1. The Balaban J connectivity index is 1.87. The third kappa shape index (κ3) is 4.94. The third-order valence-electron chi connectivity index (χ3n) is 5.25. The second-order valence-electron chi connectivity index (χ2n) is 7.47. The minimum absolute atomic E-state index is 0.0343. The van der Waals surface area contributed by atoms with Crippen LogP contribution in [0, 0.1) is 10.1 Å². The van der Waals surface area contributed by atoms with Gasteiger partial charge in [-0.05, 0) is 50.5 Å². The molecule has 0 spiro atoms. The molecule has 2 N–H and O–H groups in total. The summed E-state index contributed by atoms with van der Waals surface area (Å²) in [4.78, 5) is 38.1. The zero-order valence-electron chi connectivity index (χ0n) is 17.2. The number of nitrogens with one attached hydrogen (secondary N) is 2. The molecule has 0 aliphatic carbocycles. The quantitative estimate of drug-likeness (QED) is 0.531. The largest absolute Gasteiger partial charge is 0.371 e. The first-order valence-corrected chi connectivity index (χ1v) is 10.1. The minimum atomic E-state index is -0.543. The van der Waals surface area contributed by atoms with E-state index in [0.717, 1.165) is 38.0 Å². The first-order valence-electron chi connectivity index (χ1n) is 10.1. The number of hydrogen-bond acceptors (Lipinski definition) is 5. The van der Waals surface area contributed by atoms with E-state index >= 15 is 0 Å². The number of nitro groups is 1. The summed E-state index contributed by atoms with van der Waals surface area (Å²) in [5, 5.41) is 16.7. The number of anilines is 2. The number of carbonyl (C=O) groups is 2. The van der Waals surface area contributed by atoms with Crippen molar-refractivity contribution in [3.05, 3.63) is 63.7 Å². The van der Waals surface area contributed by atoms with Crippen molar-refractivity contribution < 1.29 is 14.5 Å². The van der Waals surface area contributed by atoms with Crippen LogP contribution < -0.4 is 15.5 Å². The maximum Gasteiger partial charge on any atom is 0.270 e. The number of non-ortho nitro benzene ring substituents is 1. The normalized spacial score (nSPS) is 14.3. The third-order valence-corrected chi connectivity index (χ3v) is 5.25. The zero-order valence-corrected chi connectivity index (χ0v) is 17.2. The van der Waals surface area contributed by atoms with E-state index in [1.54, 1.807) is 12.1 Å². The first kappa shape index (κ1) is 21.3. The summed E-state index contributed by atoms with van der Waals surface area (Å²) in [7, 11) is 0. The van der Waals surface area contributed by atoms with E-state index in [2.05, 4.69) is 15.5 Å². The molecule has 0 aromatic heterocycles. The van der Waals surface area contributed by atoms with Crippen molar-refractivity contribution in [2.75, 3.05) is 23.3 Å². The van der Waals surface area contributed by atoms with Crippen LogP contribution in [0.3, 0.4) is 0 Å². The van der Waals surface area contributed by atoms with Crippen molar-refractivity contribution in [3.63, 3.8) is 0 Å². The van der Waals surface area contributed by atoms with Crippen LogP contribution in [-0.2, 0) is 0 Å². The maximum absolute atomic E-state index is 12.9. The fourth-order valence-corrected chi connectivity index (χ4v) is 3.40. The Morgan fingerprint density at radius 1 is 1.13 bits per heavy atom. The minimum Gasteiger partial charge on any atom is -0.371 e. The van der Waals surface area contributed by atoms with Crippen LogP contribution in [0.2, 0.25) is 0 Å². The summed E-state index contributed by atoms with van der Waals surface area (Å²) in [6.07, 6.45) is 2.98. The predicted molar refractivity (Wildman–Crippen MR) is 116 cm³/mol. The summed E-state index contributed by atoms with van der Waals surface area (Å²) >= 11 is 0. The van der Waals surface area contributed by atoms with Crippen molar-refractivity contribution >= 4 is 28.9 Å². The van der Waals surface area contributed by atoms with Crippen molar-refractivity contribution in [2.45, 2.75) is 39.2 Å². The van der Waals surface area contributed by atoms with Crippen LogP contribution in [0.5, 0.6) is 0 Å². The van der Waals surface area contributed by atoms with E-state index in [9.17, 15) is 19.7 Å². The summed E-state index contributed by atoms with van der Waals surface area (Å²) in [6.45, 7) is 5.73. The van der Waals surface area contributed by atoms with Gasteiger partial charge < -0.3 is 15.5 Å². The summed E-state index contributed by atoms with van der Waals surface area (Å²) in [5.74, 6) is -0.654. The highest BCUT2D eigenvalue weighted by Gasteiger charge is 2.21. The lowest BCUT2D eigenvalue weighted by molar-refractivity contribution is -0.384. The molecule has 0 saturated carbocycles. The molecule has 1 heterocycles. The fraction of sp³-hybridized carbons (Fsp3) is 0.364. The maximum atomic E-state index is 12.9. The first-order chi connectivity index (χ1) is 14.4. The van der Waals surface area contributed by atoms with E-state index < -0.39 is 10.8 Å². The van der Waals surface area contributed by atoms with Gasteiger partial charge in [0, 0.05) is 48.2 Å². The zero-order chi connectivity index (χ0) is 21.7. The second kappa shape index (κ2) is 9.39. The molecule has 8 heteroatoms. The Morgan fingerprint density at radius 2 is 1.87 bits per heavy atom. The van der Waals surface area contributed by atoms with Crippen LogP contribution in [-0.4, -0.2) is 35.9 Å². The Labute approximate surface area is 175 Å². The van der Waals surface area contributed by atoms with Gasteiger partial charge in [0.1, 0.15) is 0 Å². The average molecular weight is 410 g/mol. The van der Waals surface area contributed by atoms with Crippen LogP contribution >= 0.6 is 0 Å². The van der Waals surface area contributed by atoms with Crippen molar-refractivity contribution in [1.29, 1.82) is 0 Å². The van der Waals surface area contributed by atoms with Gasteiger partial charge in [0.25, 0.3) is 17.5 Å². The molecule has 1 aliphatic rings. The van der Waals surface area contributed by atoms with Crippen LogP contribution in [0.1, 0.15) is 53.8 Å². The topological polar surface area (TPSA) is 105 Å². The molecule has 0 radical (unpaired) electrons. The predicted octanol–water partition coefficient (Wildman–Crippen LogP) is 3.98. The molecule has 1 saturated heterocycles. The lowest BCUT2D eigenvalue weighted by Gasteiger charge is -2.23. The highest BCUT2D eigenvalue weighted by atomic mass is 16.6. The van der Waals surface area contributed by atoms with E-state index in [0.29, 0.717) is 11.3 Å². The smallest absolute Gasteiger partial charge is 0.270 e. The van der Waals surface area contributed by atoms with Crippen molar-refractivity contribution in [1.82, 2.24) is 5.32 Å². The molecule has 30 heavy (non-hydrogen) atoms. The summed E-state index contributed by atoms with van der Waals surface area (Å²) in [5.41, 5.74) is 1.85. The van der Waals surface area contributed by atoms with Crippen molar-refractivity contribution in [2.24, 2.45) is 0 Å². The molecule has 2 aromatic rings.